The topological polar surface area (TPSA) is 86.8 Å². The minimum atomic E-state index is -0.291. The van der Waals surface area contributed by atoms with Crippen molar-refractivity contribution in [2.75, 3.05) is 48.6 Å². The zero-order valence-corrected chi connectivity index (χ0v) is 20.1. The quantitative estimate of drug-likeness (QED) is 0.521. The molecule has 1 heterocycles. The van der Waals surface area contributed by atoms with E-state index < -0.39 is 0 Å². The van der Waals surface area contributed by atoms with E-state index >= 15 is 0 Å². The van der Waals surface area contributed by atoms with E-state index in [-0.39, 0.29) is 18.2 Å². The third kappa shape index (κ3) is 5.36. The molecule has 2 aromatic rings. The van der Waals surface area contributed by atoms with Gasteiger partial charge in [0, 0.05) is 24.7 Å². The predicted molar refractivity (Wildman–Crippen MR) is 126 cm³/mol. The first-order chi connectivity index (χ1) is 16.4. The average molecular weight is 471 g/mol. The van der Waals surface area contributed by atoms with Crippen molar-refractivity contribution in [1.29, 1.82) is 0 Å². The fourth-order valence-corrected chi connectivity index (χ4v) is 3.82. The van der Waals surface area contributed by atoms with Gasteiger partial charge in [-0.3, -0.25) is 14.6 Å². The van der Waals surface area contributed by atoms with Crippen LogP contribution in [0.4, 0.5) is 0 Å². The predicted octanol–water partition coefficient (Wildman–Crippen LogP) is 2.96. The highest BCUT2D eigenvalue weighted by atomic mass is 16.5. The van der Waals surface area contributed by atoms with Crippen LogP contribution in [-0.2, 0) is 16.0 Å². The molecule has 182 valence electrons. The fraction of sp³-hybridized carbons (Fsp3) is 0.360. The first-order valence-electron chi connectivity index (χ1n) is 10.8. The van der Waals surface area contributed by atoms with Crippen LogP contribution >= 0.6 is 0 Å². The normalized spacial score (nSPS) is 13.2. The number of hydrogen-bond donors (Lipinski definition) is 0. The molecule has 9 nitrogen and oxygen atoms in total. The maximum Gasteiger partial charge on any atom is 0.265 e. The van der Waals surface area contributed by atoms with Crippen LogP contribution in [0.25, 0.3) is 6.08 Å². The number of hydrazine groups is 1. The second-order valence-corrected chi connectivity index (χ2v) is 7.48. The van der Waals surface area contributed by atoms with Crippen molar-refractivity contribution in [3.63, 3.8) is 0 Å². The van der Waals surface area contributed by atoms with Gasteiger partial charge in [0.25, 0.3) is 5.91 Å². The van der Waals surface area contributed by atoms with Crippen molar-refractivity contribution < 1.29 is 33.3 Å². The van der Waals surface area contributed by atoms with Gasteiger partial charge in [0.2, 0.25) is 11.7 Å². The molecule has 34 heavy (non-hydrogen) atoms. The molecule has 0 atom stereocenters. The third-order valence-corrected chi connectivity index (χ3v) is 5.50. The van der Waals surface area contributed by atoms with E-state index in [4.69, 9.17) is 23.7 Å². The van der Waals surface area contributed by atoms with Gasteiger partial charge < -0.3 is 23.7 Å². The highest BCUT2D eigenvalue weighted by Gasteiger charge is 2.30. The highest BCUT2D eigenvalue weighted by Crippen LogP contribution is 2.38. The molecule has 1 aliphatic heterocycles. The molecule has 1 saturated heterocycles. The van der Waals surface area contributed by atoms with E-state index in [0.717, 1.165) is 0 Å². The molecular weight excluding hydrogens is 440 g/mol. The maximum absolute atomic E-state index is 13.1. The Labute approximate surface area is 199 Å². The van der Waals surface area contributed by atoms with Gasteiger partial charge in [-0.15, -0.1) is 0 Å². The van der Waals surface area contributed by atoms with Crippen LogP contribution in [0.2, 0.25) is 0 Å². The van der Waals surface area contributed by atoms with Crippen LogP contribution in [0.3, 0.4) is 0 Å². The van der Waals surface area contributed by atoms with E-state index in [9.17, 15) is 9.59 Å². The molecule has 3 rings (SSSR count). The third-order valence-electron chi connectivity index (χ3n) is 5.50. The maximum atomic E-state index is 13.1. The summed E-state index contributed by atoms with van der Waals surface area (Å²) in [5.74, 6) is 2.16. The van der Waals surface area contributed by atoms with E-state index in [0.29, 0.717) is 59.4 Å². The Morgan fingerprint density at radius 1 is 0.824 bits per heavy atom. The van der Waals surface area contributed by atoms with E-state index in [1.165, 1.54) is 37.4 Å². The Morgan fingerprint density at radius 2 is 1.47 bits per heavy atom. The Kier molecular flexibility index (Phi) is 8.24. The zero-order valence-electron chi connectivity index (χ0n) is 20.1. The number of carbonyl (C=O) groups is 2. The Morgan fingerprint density at radius 3 is 2.06 bits per heavy atom. The molecule has 0 unspecified atom stereocenters. The van der Waals surface area contributed by atoms with Gasteiger partial charge in [-0.2, -0.15) is 0 Å². The lowest BCUT2D eigenvalue weighted by Crippen LogP contribution is -2.44. The van der Waals surface area contributed by atoms with Crippen molar-refractivity contribution >= 4 is 17.9 Å². The van der Waals surface area contributed by atoms with E-state index in [1.54, 1.807) is 50.6 Å². The SMILES string of the molecule is COc1ccc(OC)c(/C=C/C(=O)N2CCCN2C(=O)Cc2cc(OC)c(OC)c(OC)c2)c1. The van der Waals surface area contributed by atoms with Crippen molar-refractivity contribution in [3.8, 4) is 28.7 Å². The monoisotopic (exact) mass is 470 g/mol. The summed E-state index contributed by atoms with van der Waals surface area (Å²) < 4.78 is 26.7. The summed E-state index contributed by atoms with van der Waals surface area (Å²) >= 11 is 0. The molecule has 1 fully saturated rings. The van der Waals surface area contributed by atoms with Gasteiger partial charge in [-0.25, -0.2) is 5.01 Å². The molecule has 1 aliphatic rings. The summed E-state index contributed by atoms with van der Waals surface area (Å²) in [5.41, 5.74) is 1.39. The van der Waals surface area contributed by atoms with E-state index in [1.807, 2.05) is 0 Å². The van der Waals surface area contributed by atoms with Gasteiger partial charge in [-0.1, -0.05) is 0 Å². The van der Waals surface area contributed by atoms with Crippen LogP contribution in [0.5, 0.6) is 28.7 Å². The largest absolute Gasteiger partial charge is 0.497 e. The lowest BCUT2D eigenvalue weighted by Gasteiger charge is -2.27. The van der Waals surface area contributed by atoms with Crippen LogP contribution in [0.15, 0.2) is 36.4 Å². The number of methoxy groups -OCH3 is 5. The molecule has 2 amide bonds. The molecule has 9 heteroatoms. The van der Waals surface area contributed by atoms with Gasteiger partial charge in [0.05, 0.1) is 42.0 Å². The summed E-state index contributed by atoms with van der Waals surface area (Å²) in [4.78, 5) is 26.0. The van der Waals surface area contributed by atoms with Gasteiger partial charge in [0.15, 0.2) is 11.5 Å². The van der Waals surface area contributed by atoms with Crippen molar-refractivity contribution in [3.05, 3.63) is 47.5 Å². The summed E-state index contributed by atoms with van der Waals surface area (Å²) in [6, 6.07) is 8.79. The first kappa shape index (κ1) is 24.8. The Balaban J connectivity index is 1.76. The molecule has 0 N–H and O–H groups in total. The van der Waals surface area contributed by atoms with Crippen LogP contribution in [0.1, 0.15) is 17.5 Å². The highest BCUT2D eigenvalue weighted by molar-refractivity contribution is 5.94. The Hall–Kier alpha value is -3.88. The van der Waals surface area contributed by atoms with E-state index in [2.05, 4.69) is 0 Å². The van der Waals surface area contributed by atoms with Crippen LogP contribution < -0.4 is 23.7 Å². The number of hydrogen-bond acceptors (Lipinski definition) is 7. The number of ether oxygens (including phenoxy) is 5. The zero-order chi connectivity index (χ0) is 24.7. The van der Waals surface area contributed by atoms with Crippen molar-refractivity contribution in [2.45, 2.75) is 12.8 Å². The average Bonchev–Trinajstić information content (AvgIpc) is 3.36. The minimum Gasteiger partial charge on any atom is -0.497 e. The summed E-state index contributed by atoms with van der Waals surface area (Å²) in [5, 5.41) is 2.95. The van der Waals surface area contributed by atoms with Crippen LogP contribution in [-0.4, -0.2) is 70.5 Å². The first-order valence-corrected chi connectivity index (χ1v) is 10.8. The second-order valence-electron chi connectivity index (χ2n) is 7.48. The number of benzene rings is 2. The fourth-order valence-electron chi connectivity index (χ4n) is 3.82. The summed E-state index contributed by atoms with van der Waals surface area (Å²) in [6.45, 7) is 0.921. The molecule has 0 radical (unpaired) electrons. The molecule has 0 spiro atoms. The van der Waals surface area contributed by atoms with Gasteiger partial charge in [-0.05, 0) is 48.4 Å². The lowest BCUT2D eigenvalue weighted by molar-refractivity contribution is -0.154. The summed E-state index contributed by atoms with van der Waals surface area (Å²) in [7, 11) is 7.70. The van der Waals surface area contributed by atoms with Crippen LogP contribution in [0, 0.1) is 0 Å². The smallest absolute Gasteiger partial charge is 0.265 e. The van der Waals surface area contributed by atoms with Gasteiger partial charge >= 0.3 is 0 Å². The summed E-state index contributed by atoms with van der Waals surface area (Å²) in [6.07, 6.45) is 3.86. The molecule has 0 bridgehead atoms. The lowest BCUT2D eigenvalue weighted by atomic mass is 10.1. The minimum absolute atomic E-state index is 0.0773. The number of nitrogens with zero attached hydrogens (tertiary/aromatic N) is 2. The van der Waals surface area contributed by atoms with Crippen molar-refractivity contribution in [2.24, 2.45) is 0 Å². The Bertz CT molecular complexity index is 1040. The molecular formula is C25H30N2O7. The number of carbonyl (C=O) groups excluding carboxylic acids is 2. The second kappa shape index (κ2) is 11.3. The molecule has 2 aromatic carbocycles. The molecule has 0 aliphatic carbocycles. The standard InChI is InChI=1S/C25H30N2O7/c1-30-19-8-9-20(31-2)18(16-19)7-10-23(28)26-11-6-12-27(26)24(29)15-17-13-21(32-3)25(34-5)22(14-17)33-4/h7-10,13-14,16H,6,11-12,15H2,1-5H3/b10-7+. The van der Waals surface area contributed by atoms with Gasteiger partial charge in [0.1, 0.15) is 11.5 Å². The molecule has 0 aromatic heterocycles. The van der Waals surface area contributed by atoms with Crippen molar-refractivity contribution in [1.82, 2.24) is 10.0 Å². The number of rotatable bonds is 9. The molecule has 0 saturated carbocycles. The number of amides is 2.